The van der Waals surface area contributed by atoms with E-state index in [1.807, 2.05) is 6.92 Å². The molecule has 0 aromatic rings. The van der Waals surface area contributed by atoms with Crippen LogP contribution in [0.5, 0.6) is 0 Å². The zero-order valence-corrected chi connectivity index (χ0v) is 12.2. The van der Waals surface area contributed by atoms with Gasteiger partial charge in [-0.05, 0) is 37.0 Å². The van der Waals surface area contributed by atoms with Gasteiger partial charge in [-0.3, -0.25) is 4.79 Å². The molecule has 0 aliphatic heterocycles. The molecule has 0 spiro atoms. The van der Waals surface area contributed by atoms with Crippen LogP contribution < -0.4 is 0 Å². The van der Waals surface area contributed by atoms with Crippen LogP contribution in [0.3, 0.4) is 0 Å². The summed E-state index contributed by atoms with van der Waals surface area (Å²) in [6.07, 6.45) is 3.61. The van der Waals surface area contributed by atoms with E-state index in [0.29, 0.717) is 24.2 Å². The molecule has 1 fully saturated rings. The lowest BCUT2D eigenvalue weighted by atomic mass is 9.70. The monoisotopic (exact) mass is 256 g/mol. The van der Waals surface area contributed by atoms with E-state index < -0.39 is 0 Å². The molecule has 1 aliphatic rings. The van der Waals surface area contributed by atoms with Crippen LogP contribution in [0.25, 0.3) is 0 Å². The van der Waals surface area contributed by atoms with Crippen LogP contribution >= 0.6 is 0 Å². The van der Waals surface area contributed by atoms with Crippen molar-refractivity contribution in [3.8, 4) is 0 Å². The molecule has 0 saturated heterocycles. The molecule has 0 aromatic carbocycles. The van der Waals surface area contributed by atoms with Crippen molar-refractivity contribution in [2.24, 2.45) is 23.7 Å². The zero-order chi connectivity index (χ0) is 13.7. The summed E-state index contributed by atoms with van der Waals surface area (Å²) in [7, 11) is 0. The fraction of sp³-hybridized carbons (Fsp3) is 0.933. The van der Waals surface area contributed by atoms with Gasteiger partial charge in [0.2, 0.25) is 0 Å². The van der Waals surface area contributed by atoms with Crippen molar-refractivity contribution in [3.63, 3.8) is 0 Å². The molecular weight excluding hydrogens is 228 g/mol. The predicted molar refractivity (Wildman–Crippen MR) is 72.1 cm³/mol. The summed E-state index contributed by atoms with van der Waals surface area (Å²) in [5, 5.41) is 9.12. The van der Waals surface area contributed by atoms with Crippen LogP contribution in [0.2, 0.25) is 0 Å². The number of rotatable bonds is 5. The maximum atomic E-state index is 12.3. The van der Waals surface area contributed by atoms with Gasteiger partial charge in [0, 0.05) is 0 Å². The van der Waals surface area contributed by atoms with Gasteiger partial charge < -0.3 is 9.84 Å². The highest BCUT2D eigenvalue weighted by Crippen LogP contribution is 2.38. The van der Waals surface area contributed by atoms with Gasteiger partial charge in [0.15, 0.2) is 0 Å². The van der Waals surface area contributed by atoms with Crippen molar-refractivity contribution in [1.29, 1.82) is 0 Å². The van der Waals surface area contributed by atoms with Crippen LogP contribution in [-0.2, 0) is 9.53 Å². The van der Waals surface area contributed by atoms with Crippen LogP contribution in [0.1, 0.15) is 53.4 Å². The van der Waals surface area contributed by atoms with Gasteiger partial charge in [0.25, 0.3) is 0 Å². The molecular formula is C15H28O3. The largest absolute Gasteiger partial charge is 0.460 e. The fourth-order valence-electron chi connectivity index (χ4n) is 2.97. The van der Waals surface area contributed by atoms with Crippen molar-refractivity contribution in [2.45, 2.75) is 59.5 Å². The standard InChI is InChI=1S/C15H28O3/c1-5-12(9-16)18-15(17)14-8-11(4)6-7-13(14)10(2)3/h10-14,16H,5-9H2,1-4H3. The van der Waals surface area contributed by atoms with E-state index in [-0.39, 0.29) is 24.6 Å². The quantitative estimate of drug-likeness (QED) is 0.769. The molecule has 1 aliphatic carbocycles. The third-order valence-corrected chi connectivity index (χ3v) is 4.27. The second-order valence-electron chi connectivity index (χ2n) is 6.08. The summed E-state index contributed by atoms with van der Waals surface area (Å²) in [5.74, 6) is 1.48. The van der Waals surface area contributed by atoms with Crippen molar-refractivity contribution in [3.05, 3.63) is 0 Å². The first kappa shape index (κ1) is 15.5. The molecule has 0 aromatic heterocycles. The lowest BCUT2D eigenvalue weighted by molar-refractivity contribution is -0.161. The lowest BCUT2D eigenvalue weighted by Gasteiger charge is -2.36. The molecule has 1 rings (SSSR count). The van der Waals surface area contributed by atoms with E-state index in [1.165, 1.54) is 6.42 Å². The van der Waals surface area contributed by atoms with E-state index in [9.17, 15) is 4.79 Å². The average Bonchev–Trinajstić information content (AvgIpc) is 2.35. The summed E-state index contributed by atoms with van der Waals surface area (Å²) in [4.78, 5) is 12.3. The normalized spacial score (nSPS) is 30.2. The summed E-state index contributed by atoms with van der Waals surface area (Å²) in [6.45, 7) is 8.43. The molecule has 0 amide bonds. The van der Waals surface area contributed by atoms with Gasteiger partial charge in [-0.2, -0.15) is 0 Å². The third kappa shape index (κ3) is 3.98. The van der Waals surface area contributed by atoms with Crippen molar-refractivity contribution in [1.82, 2.24) is 0 Å². The molecule has 4 unspecified atom stereocenters. The Labute approximate surface area is 111 Å². The van der Waals surface area contributed by atoms with Gasteiger partial charge in [0.1, 0.15) is 6.10 Å². The van der Waals surface area contributed by atoms with Gasteiger partial charge in [-0.25, -0.2) is 0 Å². The molecule has 18 heavy (non-hydrogen) atoms. The van der Waals surface area contributed by atoms with Gasteiger partial charge in [-0.15, -0.1) is 0 Å². The highest BCUT2D eigenvalue weighted by molar-refractivity contribution is 5.73. The Hall–Kier alpha value is -0.570. The number of esters is 1. The highest BCUT2D eigenvalue weighted by atomic mass is 16.6. The zero-order valence-electron chi connectivity index (χ0n) is 12.2. The number of ether oxygens (including phenoxy) is 1. The number of carbonyl (C=O) groups is 1. The molecule has 0 bridgehead atoms. The molecule has 0 heterocycles. The topological polar surface area (TPSA) is 46.5 Å². The SMILES string of the molecule is CCC(CO)OC(=O)C1CC(C)CCC1C(C)C. The number of hydrogen-bond donors (Lipinski definition) is 1. The Bertz CT molecular complexity index is 258. The second-order valence-corrected chi connectivity index (χ2v) is 6.08. The molecule has 106 valence electrons. The minimum absolute atomic E-state index is 0.0225. The van der Waals surface area contributed by atoms with Crippen molar-refractivity contribution >= 4 is 5.97 Å². The maximum Gasteiger partial charge on any atom is 0.309 e. The highest BCUT2D eigenvalue weighted by Gasteiger charge is 2.37. The first-order valence-corrected chi connectivity index (χ1v) is 7.30. The van der Waals surface area contributed by atoms with E-state index in [0.717, 1.165) is 12.8 Å². The van der Waals surface area contributed by atoms with Crippen LogP contribution in [0.15, 0.2) is 0 Å². The number of hydrogen-bond acceptors (Lipinski definition) is 3. The maximum absolute atomic E-state index is 12.3. The summed E-state index contributed by atoms with van der Waals surface area (Å²) >= 11 is 0. The molecule has 0 radical (unpaired) electrons. The van der Waals surface area contributed by atoms with Crippen LogP contribution in [-0.4, -0.2) is 23.8 Å². The molecule has 1 N–H and O–H groups in total. The molecule has 4 atom stereocenters. The minimum Gasteiger partial charge on any atom is -0.460 e. The minimum atomic E-state index is -0.331. The van der Waals surface area contributed by atoms with E-state index in [2.05, 4.69) is 20.8 Å². The first-order valence-electron chi connectivity index (χ1n) is 7.30. The Balaban J connectivity index is 2.66. The predicted octanol–water partition coefficient (Wildman–Crippen LogP) is 3.01. The summed E-state index contributed by atoms with van der Waals surface area (Å²) < 4.78 is 5.43. The van der Waals surface area contributed by atoms with Gasteiger partial charge >= 0.3 is 5.97 Å². The van der Waals surface area contributed by atoms with Gasteiger partial charge in [-0.1, -0.05) is 34.1 Å². The van der Waals surface area contributed by atoms with E-state index in [4.69, 9.17) is 9.84 Å². The van der Waals surface area contributed by atoms with Gasteiger partial charge in [0.05, 0.1) is 12.5 Å². The Morgan fingerprint density at radius 1 is 1.39 bits per heavy atom. The van der Waals surface area contributed by atoms with Crippen molar-refractivity contribution < 1.29 is 14.6 Å². The Morgan fingerprint density at radius 2 is 2.06 bits per heavy atom. The smallest absolute Gasteiger partial charge is 0.309 e. The molecule has 3 heteroatoms. The molecule has 3 nitrogen and oxygen atoms in total. The van der Waals surface area contributed by atoms with Crippen LogP contribution in [0, 0.1) is 23.7 Å². The van der Waals surface area contributed by atoms with Crippen LogP contribution in [0.4, 0.5) is 0 Å². The third-order valence-electron chi connectivity index (χ3n) is 4.27. The fourth-order valence-corrected chi connectivity index (χ4v) is 2.97. The lowest BCUT2D eigenvalue weighted by Crippen LogP contribution is -2.36. The molecule has 1 saturated carbocycles. The van der Waals surface area contributed by atoms with E-state index >= 15 is 0 Å². The second kappa shape index (κ2) is 7.13. The average molecular weight is 256 g/mol. The van der Waals surface area contributed by atoms with Crippen molar-refractivity contribution in [2.75, 3.05) is 6.61 Å². The Morgan fingerprint density at radius 3 is 2.56 bits per heavy atom. The summed E-state index contributed by atoms with van der Waals surface area (Å²) in [5.41, 5.74) is 0. The van der Waals surface area contributed by atoms with E-state index in [1.54, 1.807) is 0 Å². The summed E-state index contributed by atoms with van der Waals surface area (Å²) in [6, 6.07) is 0. The number of aliphatic hydroxyl groups is 1. The number of carbonyl (C=O) groups excluding carboxylic acids is 1. The number of aliphatic hydroxyl groups excluding tert-OH is 1. The first-order chi connectivity index (χ1) is 8.49. The Kier molecular flexibility index (Phi) is 6.13.